The SMILES string of the molecule is Cc1cc(Br)c(OCC2CC2)c(C2CCCN2)c1. The van der Waals surface area contributed by atoms with Gasteiger partial charge in [0.2, 0.25) is 0 Å². The topological polar surface area (TPSA) is 21.3 Å². The number of nitrogens with one attached hydrogen (secondary N) is 1. The molecule has 3 rings (SSSR count). The van der Waals surface area contributed by atoms with Crippen molar-refractivity contribution in [1.29, 1.82) is 0 Å². The number of aryl methyl sites for hydroxylation is 1. The van der Waals surface area contributed by atoms with E-state index in [9.17, 15) is 0 Å². The third-order valence-corrected chi connectivity index (χ3v) is 4.40. The molecular weight excluding hydrogens is 290 g/mol. The molecule has 1 aliphatic heterocycles. The zero-order valence-electron chi connectivity index (χ0n) is 10.8. The fourth-order valence-electron chi connectivity index (χ4n) is 2.60. The third-order valence-electron chi connectivity index (χ3n) is 3.81. The molecular formula is C15H20BrNO. The second-order valence-corrected chi connectivity index (χ2v) is 6.42. The summed E-state index contributed by atoms with van der Waals surface area (Å²) in [6.45, 7) is 4.15. The van der Waals surface area contributed by atoms with Gasteiger partial charge >= 0.3 is 0 Å². The molecule has 1 heterocycles. The number of halogens is 1. The van der Waals surface area contributed by atoms with Gasteiger partial charge in [-0.25, -0.2) is 0 Å². The maximum absolute atomic E-state index is 6.07. The Morgan fingerprint density at radius 1 is 1.33 bits per heavy atom. The van der Waals surface area contributed by atoms with Gasteiger partial charge in [-0.1, -0.05) is 6.07 Å². The van der Waals surface area contributed by atoms with E-state index in [0.717, 1.165) is 29.3 Å². The molecule has 98 valence electrons. The van der Waals surface area contributed by atoms with E-state index in [2.05, 4.69) is 40.3 Å². The van der Waals surface area contributed by atoms with Crippen molar-refractivity contribution in [2.45, 2.75) is 38.6 Å². The van der Waals surface area contributed by atoms with Crippen LogP contribution >= 0.6 is 15.9 Å². The smallest absolute Gasteiger partial charge is 0.138 e. The number of rotatable bonds is 4. The van der Waals surface area contributed by atoms with E-state index in [0.29, 0.717) is 6.04 Å². The molecule has 0 aromatic heterocycles. The molecule has 1 saturated heterocycles. The highest BCUT2D eigenvalue weighted by Crippen LogP contribution is 2.39. The van der Waals surface area contributed by atoms with Gasteiger partial charge in [0.05, 0.1) is 11.1 Å². The minimum absolute atomic E-state index is 0.468. The van der Waals surface area contributed by atoms with Crippen molar-refractivity contribution in [3.63, 3.8) is 0 Å². The minimum atomic E-state index is 0.468. The van der Waals surface area contributed by atoms with E-state index in [1.807, 2.05) is 0 Å². The summed E-state index contributed by atoms with van der Waals surface area (Å²) in [6.07, 6.45) is 5.15. The van der Waals surface area contributed by atoms with Crippen LogP contribution in [0.5, 0.6) is 5.75 Å². The van der Waals surface area contributed by atoms with Crippen LogP contribution in [0.4, 0.5) is 0 Å². The number of hydrogen-bond donors (Lipinski definition) is 1. The molecule has 18 heavy (non-hydrogen) atoms. The lowest BCUT2D eigenvalue weighted by Gasteiger charge is -2.19. The molecule has 0 amide bonds. The Bertz CT molecular complexity index is 436. The van der Waals surface area contributed by atoms with Gasteiger partial charge in [-0.15, -0.1) is 0 Å². The molecule has 2 fully saturated rings. The van der Waals surface area contributed by atoms with Crippen LogP contribution in [-0.4, -0.2) is 13.2 Å². The Morgan fingerprint density at radius 2 is 2.17 bits per heavy atom. The second-order valence-electron chi connectivity index (χ2n) is 5.57. The molecule has 1 aromatic carbocycles. The zero-order chi connectivity index (χ0) is 12.5. The third kappa shape index (κ3) is 2.72. The summed E-state index contributed by atoms with van der Waals surface area (Å²) >= 11 is 3.66. The predicted octanol–water partition coefficient (Wildman–Crippen LogP) is 3.97. The maximum atomic E-state index is 6.07. The van der Waals surface area contributed by atoms with Gasteiger partial charge < -0.3 is 10.1 Å². The van der Waals surface area contributed by atoms with Crippen LogP contribution in [0.3, 0.4) is 0 Å². The molecule has 0 radical (unpaired) electrons. The van der Waals surface area contributed by atoms with Crippen molar-refractivity contribution in [2.24, 2.45) is 5.92 Å². The van der Waals surface area contributed by atoms with Crippen LogP contribution in [-0.2, 0) is 0 Å². The van der Waals surface area contributed by atoms with Crippen molar-refractivity contribution in [3.05, 3.63) is 27.7 Å². The standard InChI is InChI=1S/C15H20BrNO/c1-10-7-12(14-3-2-6-17-14)15(13(16)8-10)18-9-11-4-5-11/h7-8,11,14,17H,2-6,9H2,1H3. The molecule has 1 atom stereocenters. The van der Waals surface area contributed by atoms with E-state index < -0.39 is 0 Å². The summed E-state index contributed by atoms with van der Waals surface area (Å²) in [6, 6.07) is 4.90. The Kier molecular flexibility index (Phi) is 3.62. The van der Waals surface area contributed by atoms with Crippen molar-refractivity contribution < 1.29 is 4.74 Å². The quantitative estimate of drug-likeness (QED) is 0.908. The van der Waals surface area contributed by atoms with Crippen molar-refractivity contribution >= 4 is 15.9 Å². The summed E-state index contributed by atoms with van der Waals surface area (Å²) in [5.74, 6) is 1.86. The summed E-state index contributed by atoms with van der Waals surface area (Å²) in [5, 5.41) is 3.57. The van der Waals surface area contributed by atoms with E-state index in [-0.39, 0.29) is 0 Å². The average molecular weight is 310 g/mol. The number of hydrogen-bond acceptors (Lipinski definition) is 2. The number of ether oxygens (including phenoxy) is 1. The summed E-state index contributed by atoms with van der Waals surface area (Å²) < 4.78 is 7.18. The minimum Gasteiger partial charge on any atom is -0.492 e. The van der Waals surface area contributed by atoms with Gasteiger partial charge in [-0.05, 0) is 72.6 Å². The monoisotopic (exact) mass is 309 g/mol. The van der Waals surface area contributed by atoms with Crippen molar-refractivity contribution in [2.75, 3.05) is 13.2 Å². The lowest BCUT2D eigenvalue weighted by Crippen LogP contribution is -2.15. The van der Waals surface area contributed by atoms with Crippen LogP contribution in [0, 0.1) is 12.8 Å². The molecule has 1 aliphatic carbocycles. The van der Waals surface area contributed by atoms with Gasteiger partial charge in [0, 0.05) is 11.6 Å². The Balaban J connectivity index is 1.86. The van der Waals surface area contributed by atoms with Gasteiger partial charge in [0.15, 0.2) is 0 Å². The van der Waals surface area contributed by atoms with E-state index in [4.69, 9.17) is 4.74 Å². The lowest BCUT2D eigenvalue weighted by atomic mass is 10.0. The zero-order valence-corrected chi connectivity index (χ0v) is 12.4. The molecule has 0 spiro atoms. The van der Waals surface area contributed by atoms with Gasteiger partial charge in [0.25, 0.3) is 0 Å². The second kappa shape index (κ2) is 5.22. The molecule has 1 aromatic rings. The fraction of sp³-hybridized carbons (Fsp3) is 0.600. The number of benzene rings is 1. The van der Waals surface area contributed by atoms with Gasteiger partial charge in [-0.3, -0.25) is 0 Å². The highest BCUT2D eigenvalue weighted by atomic mass is 79.9. The first-order valence-electron chi connectivity index (χ1n) is 6.90. The largest absolute Gasteiger partial charge is 0.492 e. The normalized spacial score (nSPS) is 23.3. The first-order valence-corrected chi connectivity index (χ1v) is 7.69. The van der Waals surface area contributed by atoms with Crippen LogP contribution in [0.15, 0.2) is 16.6 Å². The molecule has 2 nitrogen and oxygen atoms in total. The lowest BCUT2D eigenvalue weighted by molar-refractivity contribution is 0.292. The predicted molar refractivity (Wildman–Crippen MR) is 77.1 cm³/mol. The van der Waals surface area contributed by atoms with E-state index in [1.165, 1.54) is 36.8 Å². The van der Waals surface area contributed by atoms with E-state index in [1.54, 1.807) is 0 Å². The first-order chi connectivity index (χ1) is 8.74. The van der Waals surface area contributed by atoms with Crippen molar-refractivity contribution in [3.8, 4) is 5.75 Å². The Morgan fingerprint density at radius 3 is 2.83 bits per heavy atom. The first kappa shape index (κ1) is 12.5. The van der Waals surface area contributed by atoms with Crippen LogP contribution in [0.25, 0.3) is 0 Å². The van der Waals surface area contributed by atoms with E-state index >= 15 is 0 Å². The molecule has 1 saturated carbocycles. The highest BCUT2D eigenvalue weighted by molar-refractivity contribution is 9.10. The summed E-state index contributed by atoms with van der Waals surface area (Å²) in [4.78, 5) is 0. The molecule has 3 heteroatoms. The van der Waals surface area contributed by atoms with Crippen molar-refractivity contribution in [1.82, 2.24) is 5.32 Å². The van der Waals surface area contributed by atoms with Gasteiger partial charge in [-0.2, -0.15) is 0 Å². The maximum Gasteiger partial charge on any atom is 0.138 e. The van der Waals surface area contributed by atoms with Crippen LogP contribution < -0.4 is 10.1 Å². The molecule has 0 bridgehead atoms. The Labute approximate surface area is 117 Å². The highest BCUT2D eigenvalue weighted by Gasteiger charge is 2.25. The average Bonchev–Trinajstić information content (AvgIpc) is 3.00. The van der Waals surface area contributed by atoms with Crippen LogP contribution in [0.1, 0.15) is 42.9 Å². The fourth-order valence-corrected chi connectivity index (χ4v) is 3.31. The van der Waals surface area contributed by atoms with Gasteiger partial charge in [0.1, 0.15) is 5.75 Å². The van der Waals surface area contributed by atoms with Crippen LogP contribution in [0.2, 0.25) is 0 Å². The Hall–Kier alpha value is -0.540. The summed E-state index contributed by atoms with van der Waals surface area (Å²) in [5.41, 5.74) is 2.63. The molecule has 1 unspecified atom stereocenters. The molecule has 2 aliphatic rings. The molecule has 1 N–H and O–H groups in total. The summed E-state index contributed by atoms with van der Waals surface area (Å²) in [7, 11) is 0.